The van der Waals surface area contributed by atoms with Gasteiger partial charge in [-0.05, 0) is 105 Å². The molecule has 2 aromatic carbocycles. The first-order valence-electron chi connectivity index (χ1n) is 14.8. The second kappa shape index (κ2) is 11.6. The topological polar surface area (TPSA) is 84.9 Å². The van der Waals surface area contributed by atoms with Gasteiger partial charge >= 0.3 is 0 Å². The fourth-order valence-corrected chi connectivity index (χ4v) is 8.46. The van der Waals surface area contributed by atoms with E-state index in [-0.39, 0.29) is 22.8 Å². The number of sulfonamides is 1. The standard InChI is InChI=1S/C32H39ClN2O5S/c1-39-29-8-4-2-3-5-9-31(36)34-41(37,38)25-12-15-30-28(18-25)35(19-23-10-13-26(23)29)20-32(21-40-30)16-6-7-22-17-24(33)11-14-27(22)32/h4,8,11-12,14-15,17-18,23,26,29H,2-3,5-7,9-10,13,16,19-21H2,1H3,(H,34,36)/b8-4+/t23-,26+,29-,32-/m0/s1. The first-order valence-corrected chi connectivity index (χ1v) is 16.7. The molecule has 1 saturated carbocycles. The molecule has 0 saturated heterocycles. The van der Waals surface area contributed by atoms with Crippen LogP contribution in [0.15, 0.2) is 53.4 Å². The van der Waals surface area contributed by atoms with E-state index in [0.717, 1.165) is 62.2 Å². The lowest BCUT2D eigenvalue weighted by Crippen LogP contribution is -2.49. The minimum Gasteiger partial charge on any atom is -0.490 e. The van der Waals surface area contributed by atoms with E-state index in [1.165, 1.54) is 11.1 Å². The van der Waals surface area contributed by atoms with Crippen molar-refractivity contribution in [3.05, 3.63) is 64.7 Å². The van der Waals surface area contributed by atoms with E-state index in [9.17, 15) is 13.2 Å². The summed E-state index contributed by atoms with van der Waals surface area (Å²) in [6.45, 7) is 1.99. The van der Waals surface area contributed by atoms with Crippen LogP contribution in [0.2, 0.25) is 5.02 Å². The highest BCUT2D eigenvalue weighted by Crippen LogP contribution is 2.47. The van der Waals surface area contributed by atoms with Crippen LogP contribution in [-0.2, 0) is 31.4 Å². The maximum Gasteiger partial charge on any atom is 0.264 e. The van der Waals surface area contributed by atoms with Gasteiger partial charge in [0.05, 0.1) is 23.3 Å². The van der Waals surface area contributed by atoms with Crippen molar-refractivity contribution >= 4 is 33.2 Å². The van der Waals surface area contributed by atoms with Gasteiger partial charge < -0.3 is 14.4 Å². The van der Waals surface area contributed by atoms with Gasteiger partial charge in [0.25, 0.3) is 10.0 Å². The Morgan fingerprint density at radius 1 is 1.10 bits per heavy atom. The van der Waals surface area contributed by atoms with E-state index in [1.807, 2.05) is 6.07 Å². The first-order chi connectivity index (χ1) is 19.8. The summed E-state index contributed by atoms with van der Waals surface area (Å²) in [4.78, 5) is 15.0. The molecular weight excluding hydrogens is 560 g/mol. The summed E-state index contributed by atoms with van der Waals surface area (Å²) in [6.07, 6.45) is 12.0. The lowest BCUT2D eigenvalue weighted by atomic mass is 9.68. The molecule has 2 aliphatic carbocycles. The molecule has 0 radical (unpaired) electrons. The zero-order chi connectivity index (χ0) is 28.6. The van der Waals surface area contributed by atoms with E-state index in [2.05, 4.69) is 33.9 Å². The highest BCUT2D eigenvalue weighted by Gasteiger charge is 2.44. The summed E-state index contributed by atoms with van der Waals surface area (Å²) in [7, 11) is -2.24. The SMILES string of the molecule is CO[C@H]1/C=C/CCCCC(=O)NS(=O)(=O)c2ccc3c(c2)N(C[C@@H]2CC[C@H]21)C[C@@]1(CCCc2cc(Cl)ccc21)CO3. The molecule has 1 amide bonds. The molecule has 1 N–H and O–H groups in total. The van der Waals surface area contributed by atoms with Crippen molar-refractivity contribution in [2.75, 3.05) is 31.7 Å². The largest absolute Gasteiger partial charge is 0.490 e. The van der Waals surface area contributed by atoms with Gasteiger partial charge in [0, 0.05) is 37.1 Å². The predicted octanol–water partition coefficient (Wildman–Crippen LogP) is 5.79. The number of ether oxygens (including phenoxy) is 2. The lowest BCUT2D eigenvalue weighted by Gasteiger charge is -2.46. The van der Waals surface area contributed by atoms with Crippen molar-refractivity contribution in [2.45, 2.75) is 74.2 Å². The first kappa shape index (κ1) is 28.6. The van der Waals surface area contributed by atoms with Crippen LogP contribution < -0.4 is 14.4 Å². The number of halogens is 1. The quantitative estimate of drug-likeness (QED) is 0.418. The number of carbonyl (C=O) groups is 1. The molecule has 6 rings (SSSR count). The predicted molar refractivity (Wildman–Crippen MR) is 160 cm³/mol. The third kappa shape index (κ3) is 5.75. The number of nitrogens with zero attached hydrogens (tertiary/aromatic N) is 1. The number of benzene rings is 2. The number of nitrogens with one attached hydrogen (secondary N) is 1. The molecule has 220 valence electrons. The molecule has 2 bridgehead atoms. The number of hydrogen-bond donors (Lipinski definition) is 1. The van der Waals surface area contributed by atoms with Crippen LogP contribution in [0.1, 0.15) is 62.5 Å². The Kier molecular flexibility index (Phi) is 8.09. The summed E-state index contributed by atoms with van der Waals surface area (Å²) in [5.74, 6) is 0.982. The molecule has 2 aromatic rings. The maximum atomic E-state index is 13.3. The molecule has 1 spiro atoms. The molecule has 4 aliphatic rings. The summed E-state index contributed by atoms with van der Waals surface area (Å²) in [5.41, 5.74) is 3.05. The Labute approximate surface area is 248 Å². The summed E-state index contributed by atoms with van der Waals surface area (Å²) >= 11 is 6.39. The van der Waals surface area contributed by atoms with Gasteiger partial charge in [-0.15, -0.1) is 0 Å². The monoisotopic (exact) mass is 598 g/mol. The van der Waals surface area contributed by atoms with Crippen LogP contribution in [0.25, 0.3) is 0 Å². The molecule has 41 heavy (non-hydrogen) atoms. The van der Waals surface area contributed by atoms with Gasteiger partial charge in [0.1, 0.15) is 5.75 Å². The molecule has 0 aromatic heterocycles. The number of carbonyl (C=O) groups excluding carboxylic acids is 1. The van der Waals surface area contributed by atoms with Crippen LogP contribution in [0, 0.1) is 11.8 Å². The Hall–Kier alpha value is -2.55. The average molecular weight is 599 g/mol. The Morgan fingerprint density at radius 2 is 1.98 bits per heavy atom. The fraction of sp³-hybridized carbons (Fsp3) is 0.531. The highest BCUT2D eigenvalue weighted by molar-refractivity contribution is 7.90. The molecular formula is C32H39ClN2O5S. The van der Waals surface area contributed by atoms with Crippen molar-refractivity contribution < 1.29 is 22.7 Å². The Balaban J connectivity index is 1.42. The Bertz CT molecular complexity index is 1440. The molecule has 0 unspecified atom stereocenters. The second-order valence-corrected chi connectivity index (χ2v) is 14.3. The molecule has 7 nitrogen and oxygen atoms in total. The molecule has 1 fully saturated rings. The number of allylic oxidation sites excluding steroid dienone is 1. The third-order valence-corrected chi connectivity index (χ3v) is 11.1. The average Bonchev–Trinajstić information content (AvgIpc) is 3.08. The zero-order valence-corrected chi connectivity index (χ0v) is 25.2. The van der Waals surface area contributed by atoms with Gasteiger partial charge in [0.2, 0.25) is 5.91 Å². The zero-order valence-electron chi connectivity index (χ0n) is 23.6. The van der Waals surface area contributed by atoms with Gasteiger partial charge in [-0.2, -0.15) is 0 Å². The van der Waals surface area contributed by atoms with Crippen molar-refractivity contribution in [3.8, 4) is 5.75 Å². The van der Waals surface area contributed by atoms with E-state index < -0.39 is 15.9 Å². The number of fused-ring (bicyclic) bond motifs is 4. The van der Waals surface area contributed by atoms with Crippen LogP contribution in [0.4, 0.5) is 5.69 Å². The van der Waals surface area contributed by atoms with Crippen LogP contribution in [0.5, 0.6) is 5.75 Å². The second-order valence-electron chi connectivity index (χ2n) is 12.1. The minimum atomic E-state index is -4.02. The van der Waals surface area contributed by atoms with Gasteiger partial charge in [-0.1, -0.05) is 29.8 Å². The molecule has 2 aliphatic heterocycles. The van der Waals surface area contributed by atoms with E-state index in [1.54, 1.807) is 25.3 Å². The van der Waals surface area contributed by atoms with Crippen molar-refractivity contribution in [1.82, 2.24) is 4.72 Å². The van der Waals surface area contributed by atoms with Crippen molar-refractivity contribution in [1.29, 1.82) is 0 Å². The lowest BCUT2D eigenvalue weighted by molar-refractivity contribution is -0.119. The van der Waals surface area contributed by atoms with Crippen molar-refractivity contribution in [2.24, 2.45) is 11.8 Å². The third-order valence-electron chi connectivity index (χ3n) is 9.54. The number of methoxy groups -OCH3 is 1. The number of hydrogen-bond acceptors (Lipinski definition) is 6. The van der Waals surface area contributed by atoms with E-state index in [0.29, 0.717) is 37.2 Å². The van der Waals surface area contributed by atoms with Crippen molar-refractivity contribution in [3.63, 3.8) is 0 Å². The normalized spacial score (nSPS) is 30.4. The maximum absolute atomic E-state index is 13.3. The smallest absolute Gasteiger partial charge is 0.264 e. The number of rotatable bonds is 1. The molecule has 2 heterocycles. The van der Waals surface area contributed by atoms with Crippen LogP contribution >= 0.6 is 11.6 Å². The van der Waals surface area contributed by atoms with Gasteiger partial charge in [-0.25, -0.2) is 13.1 Å². The number of amides is 1. The van der Waals surface area contributed by atoms with Crippen LogP contribution in [0.3, 0.4) is 0 Å². The van der Waals surface area contributed by atoms with Gasteiger partial charge in [-0.3, -0.25) is 4.79 Å². The summed E-state index contributed by atoms with van der Waals surface area (Å²) in [6, 6.07) is 11.2. The van der Waals surface area contributed by atoms with Crippen LogP contribution in [-0.4, -0.2) is 47.2 Å². The Morgan fingerprint density at radius 3 is 2.78 bits per heavy atom. The van der Waals surface area contributed by atoms with E-state index in [4.69, 9.17) is 21.1 Å². The highest BCUT2D eigenvalue weighted by atomic mass is 35.5. The number of aryl methyl sites for hydroxylation is 1. The summed E-state index contributed by atoms with van der Waals surface area (Å²) < 4.78 is 41.4. The fourth-order valence-electron chi connectivity index (χ4n) is 7.23. The number of anilines is 1. The summed E-state index contributed by atoms with van der Waals surface area (Å²) in [5, 5.41) is 0.743. The molecule has 4 atom stereocenters. The minimum absolute atomic E-state index is 0.0358. The van der Waals surface area contributed by atoms with Gasteiger partial charge in [0.15, 0.2) is 0 Å². The molecule has 9 heteroatoms. The van der Waals surface area contributed by atoms with E-state index >= 15 is 0 Å².